The number of hydrogen-bond acceptors (Lipinski definition) is 6. The van der Waals surface area contributed by atoms with Gasteiger partial charge in [-0.1, -0.05) is 72.5 Å². The Morgan fingerprint density at radius 1 is 0.872 bits per heavy atom. The molecule has 8 heteroatoms. The molecule has 2 aromatic carbocycles. The van der Waals surface area contributed by atoms with Crippen LogP contribution in [0.4, 0.5) is 5.82 Å². The average molecular weight is 549 g/mol. The Bertz CT molecular complexity index is 1380. The lowest BCUT2D eigenvalue weighted by Gasteiger charge is -2.30. The largest absolute Gasteiger partial charge is 0.355 e. The quantitative estimate of drug-likeness (QED) is 0.296. The van der Waals surface area contributed by atoms with E-state index in [-0.39, 0.29) is 6.42 Å². The van der Waals surface area contributed by atoms with E-state index in [0.717, 1.165) is 79.2 Å². The van der Waals surface area contributed by atoms with Crippen molar-refractivity contribution >= 4 is 21.7 Å². The number of nitrogens with zero attached hydrogens (tertiary/aromatic N) is 3. The SMILES string of the molecule is Cc1ccc(-c2nc3c(nc2-c2ccc(C)cc2)N(CCCCCCC(=O)NS(=O)(=O)C(C)C)CCC3)cc1. The van der Waals surface area contributed by atoms with E-state index >= 15 is 0 Å². The summed E-state index contributed by atoms with van der Waals surface area (Å²) in [5, 5.41) is -0.614. The molecule has 0 unspecified atom stereocenters. The van der Waals surface area contributed by atoms with Gasteiger partial charge in [0.25, 0.3) is 0 Å². The van der Waals surface area contributed by atoms with Gasteiger partial charge >= 0.3 is 0 Å². The summed E-state index contributed by atoms with van der Waals surface area (Å²) >= 11 is 0. The fraction of sp³-hybridized carbons (Fsp3) is 0.452. The van der Waals surface area contributed by atoms with Gasteiger partial charge in [0.15, 0.2) is 5.82 Å². The van der Waals surface area contributed by atoms with Crippen molar-refractivity contribution in [2.75, 3.05) is 18.0 Å². The second-order valence-corrected chi connectivity index (χ2v) is 13.0. The number of carbonyl (C=O) groups is 1. The minimum atomic E-state index is -3.56. The number of aromatic nitrogens is 2. The van der Waals surface area contributed by atoms with E-state index in [1.54, 1.807) is 13.8 Å². The van der Waals surface area contributed by atoms with E-state index in [0.29, 0.717) is 6.42 Å². The van der Waals surface area contributed by atoms with Crippen molar-refractivity contribution in [3.8, 4) is 22.5 Å². The third kappa shape index (κ3) is 7.44. The van der Waals surface area contributed by atoms with Gasteiger partial charge in [-0.05, 0) is 53.4 Å². The Morgan fingerprint density at radius 2 is 1.44 bits per heavy atom. The highest BCUT2D eigenvalue weighted by molar-refractivity contribution is 7.90. The number of aryl methyl sites for hydroxylation is 3. The zero-order valence-corrected chi connectivity index (χ0v) is 24.4. The molecular weight excluding hydrogens is 508 g/mol. The molecule has 0 saturated heterocycles. The van der Waals surface area contributed by atoms with Crippen molar-refractivity contribution in [2.24, 2.45) is 0 Å². The van der Waals surface area contributed by atoms with Gasteiger partial charge in [0.05, 0.1) is 22.3 Å². The molecule has 39 heavy (non-hydrogen) atoms. The second kappa shape index (κ2) is 12.7. The van der Waals surface area contributed by atoms with Crippen molar-refractivity contribution in [3.05, 3.63) is 65.4 Å². The summed E-state index contributed by atoms with van der Waals surface area (Å²) in [4.78, 5) is 24.7. The Balaban J connectivity index is 1.43. The first-order valence-electron chi connectivity index (χ1n) is 14.0. The molecule has 1 amide bonds. The Morgan fingerprint density at radius 3 is 2.03 bits per heavy atom. The highest BCUT2D eigenvalue weighted by atomic mass is 32.2. The normalized spacial score (nSPS) is 13.4. The number of anilines is 1. The predicted octanol–water partition coefficient (Wildman–Crippen LogP) is 5.98. The molecule has 1 aromatic heterocycles. The number of fused-ring (bicyclic) bond motifs is 1. The minimum absolute atomic E-state index is 0.228. The number of carbonyl (C=O) groups excluding carboxylic acids is 1. The fourth-order valence-electron chi connectivity index (χ4n) is 4.74. The second-order valence-electron chi connectivity index (χ2n) is 10.8. The lowest BCUT2D eigenvalue weighted by Crippen LogP contribution is -2.35. The summed E-state index contributed by atoms with van der Waals surface area (Å²) in [5.74, 6) is 0.558. The molecule has 1 N–H and O–H groups in total. The van der Waals surface area contributed by atoms with Gasteiger partial charge in [-0.3, -0.25) is 9.52 Å². The summed E-state index contributed by atoms with van der Waals surface area (Å²) in [6, 6.07) is 17.0. The molecule has 0 fully saturated rings. The van der Waals surface area contributed by atoms with Gasteiger partial charge in [-0.15, -0.1) is 0 Å². The van der Waals surface area contributed by atoms with Crippen molar-refractivity contribution < 1.29 is 13.2 Å². The van der Waals surface area contributed by atoms with Gasteiger partial charge in [-0.25, -0.2) is 18.4 Å². The zero-order valence-electron chi connectivity index (χ0n) is 23.5. The first-order valence-corrected chi connectivity index (χ1v) is 15.5. The Hall–Kier alpha value is -3.26. The summed E-state index contributed by atoms with van der Waals surface area (Å²) < 4.78 is 25.9. The number of unbranched alkanes of at least 4 members (excludes halogenated alkanes) is 3. The predicted molar refractivity (Wildman–Crippen MR) is 158 cm³/mol. The molecule has 0 bridgehead atoms. The minimum Gasteiger partial charge on any atom is -0.355 e. The van der Waals surface area contributed by atoms with Crippen LogP contribution in [0.15, 0.2) is 48.5 Å². The molecular formula is C31H40N4O3S. The van der Waals surface area contributed by atoms with Crippen LogP contribution in [0.2, 0.25) is 0 Å². The number of amides is 1. The maximum Gasteiger partial charge on any atom is 0.237 e. The number of benzene rings is 2. The highest BCUT2D eigenvalue weighted by Crippen LogP contribution is 2.35. The van der Waals surface area contributed by atoms with Crippen LogP contribution in [0.25, 0.3) is 22.5 Å². The summed E-state index contributed by atoms with van der Waals surface area (Å²) in [6.45, 7) is 9.14. The molecule has 0 atom stereocenters. The molecule has 0 spiro atoms. The number of hydrogen-bond donors (Lipinski definition) is 1. The van der Waals surface area contributed by atoms with Crippen LogP contribution in [0.1, 0.15) is 69.2 Å². The van der Waals surface area contributed by atoms with Crippen LogP contribution in [0.3, 0.4) is 0 Å². The zero-order chi connectivity index (χ0) is 28.0. The maximum atomic E-state index is 12.0. The van der Waals surface area contributed by atoms with Gasteiger partial charge < -0.3 is 4.90 Å². The molecule has 1 aliphatic rings. The summed E-state index contributed by atoms with van der Waals surface area (Å²) in [7, 11) is -3.56. The third-order valence-corrected chi connectivity index (χ3v) is 8.95. The van der Waals surface area contributed by atoms with Crippen molar-refractivity contribution in [1.82, 2.24) is 14.7 Å². The van der Waals surface area contributed by atoms with Crippen LogP contribution in [-0.4, -0.2) is 42.6 Å². The number of nitrogens with one attached hydrogen (secondary N) is 1. The van der Waals surface area contributed by atoms with Gasteiger partial charge in [0, 0.05) is 30.6 Å². The van der Waals surface area contributed by atoms with E-state index in [4.69, 9.17) is 9.97 Å². The lowest BCUT2D eigenvalue weighted by molar-refractivity contribution is -0.119. The Kier molecular flexibility index (Phi) is 9.38. The van der Waals surface area contributed by atoms with E-state index in [2.05, 4.69) is 72.0 Å². The fourth-order valence-corrected chi connectivity index (χ4v) is 5.39. The lowest BCUT2D eigenvalue weighted by atomic mass is 10.0. The van der Waals surface area contributed by atoms with Gasteiger partial charge in [0.2, 0.25) is 15.9 Å². The van der Waals surface area contributed by atoms with Crippen LogP contribution < -0.4 is 9.62 Å². The van der Waals surface area contributed by atoms with Gasteiger partial charge in [0.1, 0.15) is 0 Å². The molecule has 0 radical (unpaired) electrons. The summed E-state index contributed by atoms with van der Waals surface area (Å²) in [5.41, 5.74) is 7.46. The molecule has 7 nitrogen and oxygen atoms in total. The van der Waals surface area contributed by atoms with E-state index < -0.39 is 21.2 Å². The van der Waals surface area contributed by atoms with Crippen molar-refractivity contribution in [1.29, 1.82) is 0 Å². The average Bonchev–Trinajstić information content (AvgIpc) is 2.90. The van der Waals surface area contributed by atoms with E-state index in [1.165, 1.54) is 11.1 Å². The molecule has 1 aliphatic heterocycles. The molecule has 2 heterocycles. The van der Waals surface area contributed by atoms with E-state index in [9.17, 15) is 13.2 Å². The monoisotopic (exact) mass is 548 g/mol. The molecule has 4 rings (SSSR count). The van der Waals surface area contributed by atoms with Crippen LogP contribution in [0, 0.1) is 13.8 Å². The van der Waals surface area contributed by atoms with Gasteiger partial charge in [-0.2, -0.15) is 0 Å². The van der Waals surface area contributed by atoms with Crippen molar-refractivity contribution in [3.63, 3.8) is 0 Å². The third-order valence-electron chi connectivity index (χ3n) is 7.20. The van der Waals surface area contributed by atoms with Crippen LogP contribution in [0.5, 0.6) is 0 Å². The topological polar surface area (TPSA) is 92.3 Å². The smallest absolute Gasteiger partial charge is 0.237 e. The molecule has 208 valence electrons. The molecule has 0 saturated carbocycles. The maximum absolute atomic E-state index is 12.0. The standard InChI is InChI=1S/C31H40N4O3S/c1-22(2)39(37,38)34-28(36)11-7-5-6-8-20-35-21-9-10-27-31(35)33-30(26-18-14-24(4)15-19-26)29(32-27)25-16-12-23(3)13-17-25/h12-19,22H,5-11,20-21H2,1-4H3,(H,34,36). The van der Waals surface area contributed by atoms with E-state index in [1.807, 2.05) is 0 Å². The summed E-state index contributed by atoms with van der Waals surface area (Å²) in [6.07, 6.45) is 5.69. The highest BCUT2D eigenvalue weighted by Gasteiger charge is 2.24. The Labute approximate surface area is 233 Å². The first-order chi connectivity index (χ1) is 18.6. The van der Waals surface area contributed by atoms with Crippen LogP contribution in [-0.2, 0) is 21.2 Å². The molecule has 3 aromatic rings. The first kappa shape index (κ1) is 28.7. The van der Waals surface area contributed by atoms with Crippen molar-refractivity contribution in [2.45, 2.75) is 77.9 Å². The number of sulfonamides is 1. The van der Waals surface area contributed by atoms with Crippen LogP contribution >= 0.6 is 0 Å². The molecule has 0 aliphatic carbocycles. The number of rotatable bonds is 11.